The normalized spacial score (nSPS) is 10.9. The molecule has 0 radical (unpaired) electrons. The minimum Gasteiger partial charge on any atom is -0.493 e. The first-order valence-corrected chi connectivity index (χ1v) is 7.24. The molecule has 0 aliphatic carbocycles. The van der Waals surface area contributed by atoms with Crippen LogP contribution < -0.4 is 14.8 Å². The van der Waals surface area contributed by atoms with E-state index in [9.17, 15) is 13.6 Å². The monoisotopic (exact) mass is 353 g/mol. The number of rotatable bonds is 6. The molecule has 2 rings (SSSR count). The summed E-state index contributed by atoms with van der Waals surface area (Å²) in [5.74, 6) is -0.316. The Morgan fingerprint density at radius 3 is 2.62 bits per heavy atom. The summed E-state index contributed by atoms with van der Waals surface area (Å²) in [4.78, 5) is 11.9. The number of hydrogen-bond acceptors (Lipinski definition) is 3. The van der Waals surface area contributed by atoms with E-state index in [-0.39, 0.29) is 17.4 Å². The van der Waals surface area contributed by atoms with Crippen LogP contribution in [0, 0.1) is 0 Å². The lowest BCUT2D eigenvalue weighted by Crippen LogP contribution is -2.08. The highest BCUT2D eigenvalue weighted by atomic mass is 35.5. The number of anilines is 1. The fourth-order valence-corrected chi connectivity index (χ4v) is 2.07. The number of hydrogen-bond donors (Lipinski definition) is 1. The molecule has 1 amide bonds. The minimum absolute atomic E-state index is 0.0785. The number of nitrogens with one attached hydrogen (secondary N) is 1. The maximum atomic E-state index is 12.3. The van der Waals surface area contributed by atoms with Gasteiger partial charge in [-0.3, -0.25) is 4.79 Å². The lowest BCUT2D eigenvalue weighted by Gasteiger charge is -2.10. The van der Waals surface area contributed by atoms with Crippen LogP contribution in [0.5, 0.6) is 11.5 Å². The van der Waals surface area contributed by atoms with E-state index in [1.807, 2.05) is 0 Å². The molecule has 0 aliphatic rings. The molecule has 1 N–H and O–H groups in total. The van der Waals surface area contributed by atoms with Crippen molar-refractivity contribution in [1.82, 2.24) is 0 Å². The Morgan fingerprint density at radius 2 is 1.96 bits per heavy atom. The van der Waals surface area contributed by atoms with Crippen LogP contribution in [0.2, 0.25) is 5.02 Å². The number of benzene rings is 2. The van der Waals surface area contributed by atoms with E-state index in [1.165, 1.54) is 37.5 Å². The molecule has 0 bridgehead atoms. The molecule has 0 heterocycles. The molecular formula is C17H14ClF2NO3. The van der Waals surface area contributed by atoms with Gasteiger partial charge in [-0.15, -0.1) is 0 Å². The average molecular weight is 354 g/mol. The summed E-state index contributed by atoms with van der Waals surface area (Å²) in [6.45, 7) is -2.94. The van der Waals surface area contributed by atoms with E-state index in [4.69, 9.17) is 16.3 Å². The summed E-state index contributed by atoms with van der Waals surface area (Å²) < 4.78 is 33.9. The zero-order valence-electron chi connectivity index (χ0n) is 12.6. The average Bonchev–Trinajstić information content (AvgIpc) is 2.55. The van der Waals surface area contributed by atoms with Gasteiger partial charge in [-0.05, 0) is 35.9 Å². The Bertz CT molecular complexity index is 750. The molecule has 0 spiro atoms. The summed E-state index contributed by atoms with van der Waals surface area (Å²) in [5.41, 5.74) is 1.08. The van der Waals surface area contributed by atoms with Crippen LogP contribution in [-0.2, 0) is 4.79 Å². The van der Waals surface area contributed by atoms with Crippen LogP contribution in [0.1, 0.15) is 5.56 Å². The van der Waals surface area contributed by atoms with Gasteiger partial charge in [0, 0.05) is 6.08 Å². The van der Waals surface area contributed by atoms with Gasteiger partial charge in [0.15, 0.2) is 11.5 Å². The van der Waals surface area contributed by atoms with Crippen molar-refractivity contribution in [2.24, 2.45) is 0 Å². The largest absolute Gasteiger partial charge is 0.493 e. The van der Waals surface area contributed by atoms with Crippen molar-refractivity contribution < 1.29 is 23.0 Å². The van der Waals surface area contributed by atoms with E-state index in [0.29, 0.717) is 16.3 Å². The van der Waals surface area contributed by atoms with Crippen molar-refractivity contribution in [3.8, 4) is 11.5 Å². The first kappa shape index (κ1) is 17.7. The number of amides is 1. The Kier molecular flexibility index (Phi) is 6.14. The van der Waals surface area contributed by atoms with Crippen molar-refractivity contribution in [2.45, 2.75) is 6.61 Å². The molecule has 24 heavy (non-hydrogen) atoms. The molecule has 0 aromatic heterocycles. The number of para-hydroxylation sites is 1. The molecule has 0 fully saturated rings. The van der Waals surface area contributed by atoms with Crippen molar-refractivity contribution in [2.75, 3.05) is 12.4 Å². The van der Waals surface area contributed by atoms with Crippen LogP contribution in [0.15, 0.2) is 48.5 Å². The van der Waals surface area contributed by atoms with Gasteiger partial charge in [-0.2, -0.15) is 8.78 Å². The molecule has 0 unspecified atom stereocenters. The number of halogens is 3. The highest BCUT2D eigenvalue weighted by Crippen LogP contribution is 2.29. The van der Waals surface area contributed by atoms with Gasteiger partial charge >= 0.3 is 6.61 Å². The van der Waals surface area contributed by atoms with Crippen LogP contribution in [0.4, 0.5) is 14.5 Å². The Hall–Kier alpha value is -2.60. The van der Waals surface area contributed by atoms with E-state index < -0.39 is 6.61 Å². The molecule has 4 nitrogen and oxygen atoms in total. The molecule has 0 aliphatic heterocycles. The lowest BCUT2D eigenvalue weighted by molar-refractivity contribution is -0.111. The predicted molar refractivity (Wildman–Crippen MR) is 88.7 cm³/mol. The SMILES string of the molecule is COc1cc(/C=C/C(=O)Nc2ccccc2Cl)ccc1OC(F)F. The van der Waals surface area contributed by atoms with Gasteiger partial charge < -0.3 is 14.8 Å². The van der Waals surface area contributed by atoms with Crippen molar-refractivity contribution in [3.63, 3.8) is 0 Å². The van der Waals surface area contributed by atoms with E-state index in [2.05, 4.69) is 10.1 Å². The molecule has 126 valence electrons. The Balaban J connectivity index is 2.08. The maximum Gasteiger partial charge on any atom is 0.387 e. The van der Waals surface area contributed by atoms with Crippen molar-refractivity contribution in [3.05, 3.63) is 59.1 Å². The second-order valence-corrected chi connectivity index (χ2v) is 5.00. The quantitative estimate of drug-likeness (QED) is 0.772. The summed E-state index contributed by atoms with van der Waals surface area (Å²) in [6.07, 6.45) is 2.81. The highest BCUT2D eigenvalue weighted by molar-refractivity contribution is 6.33. The number of methoxy groups -OCH3 is 1. The molecule has 7 heteroatoms. The van der Waals surface area contributed by atoms with Gasteiger partial charge in [0.2, 0.25) is 5.91 Å². The summed E-state index contributed by atoms with van der Waals surface area (Å²) in [6, 6.07) is 11.2. The van der Waals surface area contributed by atoms with Gasteiger partial charge in [0.1, 0.15) is 0 Å². The number of ether oxygens (including phenoxy) is 2. The Morgan fingerprint density at radius 1 is 1.21 bits per heavy atom. The van der Waals surface area contributed by atoms with E-state index in [1.54, 1.807) is 24.3 Å². The first-order valence-electron chi connectivity index (χ1n) is 6.86. The molecule has 0 atom stereocenters. The van der Waals surface area contributed by atoms with Crippen molar-refractivity contribution in [1.29, 1.82) is 0 Å². The lowest BCUT2D eigenvalue weighted by atomic mass is 10.2. The molecular weight excluding hydrogens is 340 g/mol. The maximum absolute atomic E-state index is 12.3. The van der Waals surface area contributed by atoms with Gasteiger partial charge in [-0.25, -0.2) is 0 Å². The third kappa shape index (κ3) is 4.96. The van der Waals surface area contributed by atoms with Crippen LogP contribution in [0.25, 0.3) is 6.08 Å². The number of alkyl halides is 2. The first-order chi connectivity index (χ1) is 11.5. The molecule has 0 saturated carbocycles. The molecule has 2 aromatic rings. The fourth-order valence-electron chi connectivity index (χ4n) is 1.89. The minimum atomic E-state index is -2.94. The van der Waals surface area contributed by atoms with Crippen LogP contribution in [-0.4, -0.2) is 19.6 Å². The summed E-state index contributed by atoms with van der Waals surface area (Å²) in [5, 5.41) is 3.06. The smallest absolute Gasteiger partial charge is 0.387 e. The van der Waals surface area contributed by atoms with E-state index in [0.717, 1.165) is 0 Å². The topological polar surface area (TPSA) is 47.6 Å². The second kappa shape index (κ2) is 8.31. The zero-order valence-corrected chi connectivity index (χ0v) is 13.4. The van der Waals surface area contributed by atoms with Crippen LogP contribution >= 0.6 is 11.6 Å². The number of carbonyl (C=O) groups excluding carboxylic acids is 1. The van der Waals surface area contributed by atoms with E-state index >= 15 is 0 Å². The van der Waals surface area contributed by atoms with Crippen LogP contribution in [0.3, 0.4) is 0 Å². The third-order valence-corrected chi connectivity index (χ3v) is 3.29. The fraction of sp³-hybridized carbons (Fsp3) is 0.118. The Labute approximate surface area is 142 Å². The van der Waals surface area contributed by atoms with Gasteiger partial charge in [0.05, 0.1) is 17.8 Å². The zero-order chi connectivity index (χ0) is 17.5. The van der Waals surface area contributed by atoms with Gasteiger partial charge in [0.25, 0.3) is 0 Å². The highest BCUT2D eigenvalue weighted by Gasteiger charge is 2.10. The molecule has 2 aromatic carbocycles. The second-order valence-electron chi connectivity index (χ2n) is 4.59. The standard InChI is InChI=1S/C17H14ClF2NO3/c1-23-15-10-11(6-8-14(15)24-17(19)20)7-9-16(22)21-13-5-3-2-4-12(13)18/h2-10,17H,1H3,(H,21,22)/b9-7+. The number of carbonyl (C=O) groups is 1. The van der Waals surface area contributed by atoms with Gasteiger partial charge in [-0.1, -0.05) is 29.8 Å². The molecule has 0 saturated heterocycles. The summed E-state index contributed by atoms with van der Waals surface area (Å²) >= 11 is 5.95. The third-order valence-electron chi connectivity index (χ3n) is 2.96. The summed E-state index contributed by atoms with van der Waals surface area (Å²) in [7, 11) is 1.34. The predicted octanol–water partition coefficient (Wildman–Crippen LogP) is 4.60. The van der Waals surface area contributed by atoms with Crippen molar-refractivity contribution >= 4 is 29.3 Å².